The first-order chi connectivity index (χ1) is 28.8. The number of thiophene rings is 1. The Balaban J connectivity index is 1.06. The van der Waals surface area contributed by atoms with Crippen molar-refractivity contribution in [2.75, 3.05) is 0 Å². The van der Waals surface area contributed by atoms with Gasteiger partial charge in [0.25, 0.3) is 0 Å². The molecule has 2 aromatic heterocycles. The van der Waals surface area contributed by atoms with E-state index in [1.807, 2.05) is 11.3 Å². The van der Waals surface area contributed by atoms with Gasteiger partial charge in [0, 0.05) is 47.8 Å². The fourth-order valence-electron chi connectivity index (χ4n) is 9.64. The Morgan fingerprint density at radius 2 is 1.05 bits per heavy atom. The van der Waals surface area contributed by atoms with Gasteiger partial charge >= 0.3 is 0 Å². The van der Waals surface area contributed by atoms with Crippen LogP contribution in [0.25, 0.3) is 69.9 Å². The smallest absolute Gasteiger partial charge is 0.188 e. The average Bonchev–Trinajstić information content (AvgIpc) is 3.84. The molecule has 0 bridgehead atoms. The highest BCUT2D eigenvalue weighted by atomic mass is 32.1. The number of aromatic nitrogens is 1. The Kier molecular flexibility index (Phi) is 7.46. The van der Waals surface area contributed by atoms with Gasteiger partial charge in [-0.05, 0) is 74.3 Å². The number of benzene rings is 9. The molecule has 3 heterocycles. The first kappa shape index (κ1) is 33.2. The van der Waals surface area contributed by atoms with Crippen LogP contribution in [0, 0.1) is 0 Å². The van der Waals surface area contributed by atoms with Crippen molar-refractivity contribution in [3.63, 3.8) is 0 Å². The number of hydrogen-bond donors (Lipinski definition) is 0. The van der Waals surface area contributed by atoms with Crippen molar-refractivity contribution in [1.82, 2.24) is 4.57 Å². The maximum absolute atomic E-state index is 7.11. The molecule has 0 unspecified atom stereocenters. The highest BCUT2D eigenvalue weighted by Crippen LogP contribution is 2.45. The summed E-state index contributed by atoms with van der Waals surface area (Å²) in [4.78, 5) is 0. The lowest BCUT2D eigenvalue weighted by Gasteiger charge is -2.40. The number of rotatable bonds is 5. The Bertz CT molecular complexity index is 3330. The lowest BCUT2D eigenvalue weighted by atomic mass is 10.0. The highest BCUT2D eigenvalue weighted by Gasteiger charge is 2.48. The lowest BCUT2D eigenvalue weighted by molar-refractivity contribution is 0.489. The molecule has 4 heteroatoms. The zero-order valence-electron chi connectivity index (χ0n) is 31.5. The molecule has 2 nitrogen and oxygen atoms in total. The molecule has 0 atom stereocenters. The van der Waals surface area contributed by atoms with Crippen LogP contribution in [0.4, 0.5) is 0 Å². The molecule has 0 aliphatic carbocycles. The van der Waals surface area contributed by atoms with E-state index in [0.29, 0.717) is 0 Å². The van der Waals surface area contributed by atoms with Crippen molar-refractivity contribution in [3.05, 3.63) is 212 Å². The summed E-state index contributed by atoms with van der Waals surface area (Å²) in [6, 6.07) is 77.9. The predicted octanol–water partition coefficient (Wildman–Crippen LogP) is 12.0. The van der Waals surface area contributed by atoms with Gasteiger partial charge in [-0.3, -0.25) is 0 Å². The van der Waals surface area contributed by atoms with Crippen molar-refractivity contribution in [2.45, 2.75) is 0 Å². The van der Waals surface area contributed by atoms with E-state index in [2.05, 4.69) is 217 Å². The minimum Gasteiger partial charge on any atom is -0.457 e. The van der Waals surface area contributed by atoms with Crippen molar-refractivity contribution in [1.29, 1.82) is 0 Å². The Hall–Kier alpha value is -6.98. The summed E-state index contributed by atoms with van der Waals surface area (Å²) in [5, 5.41) is 10.3. The fraction of sp³-hybridized carbons (Fsp3) is 0. The van der Waals surface area contributed by atoms with Crippen LogP contribution >= 0.6 is 11.3 Å². The van der Waals surface area contributed by atoms with Gasteiger partial charge in [-0.15, -0.1) is 11.3 Å². The first-order valence-corrected chi connectivity index (χ1v) is 22.7. The molecule has 0 fully saturated rings. The normalized spacial score (nSPS) is 13.1. The number of nitrogens with zero attached hydrogens (tertiary/aromatic N) is 1. The minimum absolute atomic E-state index is 0.942. The van der Waals surface area contributed by atoms with E-state index < -0.39 is 8.07 Å². The average molecular weight is 774 g/mol. The van der Waals surface area contributed by atoms with E-state index in [4.69, 9.17) is 4.74 Å². The van der Waals surface area contributed by atoms with E-state index in [-0.39, 0.29) is 0 Å². The quantitative estimate of drug-likeness (QED) is 0.159. The third kappa shape index (κ3) is 4.83. The Morgan fingerprint density at radius 3 is 1.86 bits per heavy atom. The molecule has 12 rings (SSSR count). The summed E-state index contributed by atoms with van der Waals surface area (Å²) in [5.41, 5.74) is 8.36. The molecule has 58 heavy (non-hydrogen) atoms. The van der Waals surface area contributed by atoms with E-state index in [1.165, 1.54) is 79.4 Å². The molecule has 0 saturated heterocycles. The van der Waals surface area contributed by atoms with Crippen molar-refractivity contribution >= 4 is 82.1 Å². The van der Waals surface area contributed by atoms with Crippen molar-refractivity contribution < 1.29 is 4.74 Å². The van der Waals surface area contributed by atoms with E-state index in [1.54, 1.807) is 0 Å². The minimum atomic E-state index is -2.77. The van der Waals surface area contributed by atoms with Gasteiger partial charge in [0.2, 0.25) is 0 Å². The highest BCUT2D eigenvalue weighted by molar-refractivity contribution is 7.26. The van der Waals surface area contributed by atoms with Gasteiger partial charge in [0.15, 0.2) is 8.07 Å². The molecule has 0 N–H and O–H groups in total. The number of hydrogen-bond acceptors (Lipinski definition) is 2. The Labute approximate surface area is 341 Å². The maximum atomic E-state index is 7.11. The molecule has 0 saturated carbocycles. The summed E-state index contributed by atoms with van der Waals surface area (Å²) in [5.74, 6) is 1.91. The second kappa shape index (κ2) is 13.0. The molecule has 1 aliphatic rings. The van der Waals surface area contributed by atoms with Crippen molar-refractivity contribution in [2.24, 2.45) is 0 Å². The van der Waals surface area contributed by atoms with Gasteiger partial charge < -0.3 is 9.30 Å². The number of para-hydroxylation sites is 3. The second-order valence-corrected chi connectivity index (χ2v) is 20.0. The monoisotopic (exact) mass is 773 g/mol. The molecular weight excluding hydrogens is 739 g/mol. The molecule has 11 aromatic rings. The van der Waals surface area contributed by atoms with Crippen LogP contribution in [0.2, 0.25) is 0 Å². The van der Waals surface area contributed by atoms with Crippen LogP contribution in [-0.2, 0) is 0 Å². The van der Waals surface area contributed by atoms with Crippen molar-refractivity contribution in [3.8, 4) is 39.4 Å². The fourth-order valence-corrected chi connectivity index (χ4v) is 15.8. The molecule has 0 spiro atoms. The molecule has 272 valence electrons. The van der Waals surface area contributed by atoms with Gasteiger partial charge in [0.05, 0.1) is 11.0 Å². The molecule has 1 aliphatic heterocycles. The van der Waals surface area contributed by atoms with Gasteiger partial charge in [0.1, 0.15) is 11.5 Å². The second-order valence-electron chi connectivity index (χ2n) is 15.2. The van der Waals surface area contributed by atoms with E-state index in [0.717, 1.165) is 22.7 Å². The summed E-state index contributed by atoms with van der Waals surface area (Å²) in [6.07, 6.45) is 0. The number of ether oxygens (including phenoxy) is 1. The Morgan fingerprint density at radius 1 is 0.414 bits per heavy atom. The zero-order valence-corrected chi connectivity index (χ0v) is 33.3. The summed E-state index contributed by atoms with van der Waals surface area (Å²) < 4.78 is 12.1. The van der Waals surface area contributed by atoms with E-state index >= 15 is 0 Å². The van der Waals surface area contributed by atoms with E-state index in [9.17, 15) is 0 Å². The van der Waals surface area contributed by atoms with Crippen LogP contribution in [0.3, 0.4) is 0 Å². The van der Waals surface area contributed by atoms with Gasteiger partial charge in [-0.1, -0.05) is 170 Å². The number of fused-ring (bicyclic) bond motifs is 8. The lowest BCUT2D eigenvalue weighted by Crippen LogP contribution is -2.76. The van der Waals surface area contributed by atoms with Gasteiger partial charge in [-0.2, -0.15) is 0 Å². The third-order valence-corrected chi connectivity index (χ3v) is 18.2. The third-order valence-electron chi connectivity index (χ3n) is 12.1. The van der Waals surface area contributed by atoms with Crippen LogP contribution in [0.1, 0.15) is 0 Å². The van der Waals surface area contributed by atoms with Crippen LogP contribution in [-0.4, -0.2) is 12.6 Å². The standard InChI is InChI=1S/C54H35NOSSi/c1-4-16-36(17-5-1)37-30-32-48-45(34-37)41-22-10-11-26-47(41)55(48)38-31-33-50-46(35-38)44-25-14-24-43(54(44)57-50)42-23-15-29-52-53(42)56-49-27-12-13-28-51(49)58(52,39-18-6-2-7-19-39)40-20-8-3-9-21-40/h1-35H. The summed E-state index contributed by atoms with van der Waals surface area (Å²) in [6.45, 7) is 0. The van der Waals surface area contributed by atoms with Gasteiger partial charge in [-0.25, -0.2) is 0 Å². The van der Waals surface area contributed by atoms with Crippen LogP contribution < -0.4 is 25.5 Å². The SMILES string of the molecule is c1ccc(-c2ccc3c(c2)c2ccccc2n3-c2ccc3sc4c(-c5cccc6c5Oc5ccccc5[Si]6(c5ccccc5)c5ccccc5)cccc4c3c2)cc1. The molecule has 0 radical (unpaired) electrons. The molecule has 0 amide bonds. The molecular formula is C54H35NOSSi. The zero-order chi connectivity index (χ0) is 38.2. The summed E-state index contributed by atoms with van der Waals surface area (Å²) >= 11 is 1.87. The van der Waals surface area contributed by atoms with Crippen LogP contribution in [0.5, 0.6) is 11.5 Å². The maximum Gasteiger partial charge on any atom is 0.188 e. The topological polar surface area (TPSA) is 14.2 Å². The largest absolute Gasteiger partial charge is 0.457 e. The van der Waals surface area contributed by atoms with Crippen LogP contribution in [0.15, 0.2) is 212 Å². The summed E-state index contributed by atoms with van der Waals surface area (Å²) in [7, 11) is -2.77. The molecule has 9 aromatic carbocycles. The predicted molar refractivity (Wildman–Crippen MR) is 248 cm³/mol. The first-order valence-electron chi connectivity index (χ1n) is 19.8.